The van der Waals surface area contributed by atoms with Gasteiger partial charge in [0, 0.05) is 11.3 Å². The van der Waals surface area contributed by atoms with Gasteiger partial charge >= 0.3 is 0 Å². The molecule has 25 heavy (non-hydrogen) atoms. The summed E-state index contributed by atoms with van der Waals surface area (Å²) in [6.07, 6.45) is 0. The predicted octanol–water partition coefficient (Wildman–Crippen LogP) is 2.08. The van der Waals surface area contributed by atoms with Crippen LogP contribution in [0.25, 0.3) is 5.76 Å². The third-order valence-corrected chi connectivity index (χ3v) is 5.45. The number of rotatable bonds is 3. The summed E-state index contributed by atoms with van der Waals surface area (Å²) in [6, 6.07) is 15.9. The first-order chi connectivity index (χ1) is 12.0. The monoisotopic (exact) mass is 355 g/mol. The van der Waals surface area contributed by atoms with Gasteiger partial charge < -0.3 is 10.4 Å². The van der Waals surface area contributed by atoms with Gasteiger partial charge in [0.25, 0.3) is 15.9 Å². The van der Waals surface area contributed by atoms with Crippen molar-refractivity contribution in [2.45, 2.75) is 4.90 Å². The number of fused-ring (bicyclic) bond motifs is 1. The third-order valence-electron chi connectivity index (χ3n) is 3.64. The van der Waals surface area contributed by atoms with Crippen LogP contribution in [0.5, 0.6) is 0 Å². The van der Waals surface area contributed by atoms with Crippen LogP contribution in [0.15, 0.2) is 65.2 Å². The number of aliphatic hydroxyl groups excluding tert-OH is 1. The van der Waals surface area contributed by atoms with Crippen LogP contribution in [0.2, 0.25) is 0 Å². The van der Waals surface area contributed by atoms with Crippen LogP contribution < -0.4 is 5.32 Å². The number of aliphatic hydroxyl groups is 1. The van der Waals surface area contributed by atoms with Crippen LogP contribution in [-0.4, -0.2) is 30.3 Å². The first-order valence-corrected chi connectivity index (χ1v) is 8.69. The Morgan fingerprint density at radius 3 is 2.44 bits per heavy atom. The molecule has 2 aromatic carbocycles. The molecule has 0 saturated heterocycles. The van der Waals surface area contributed by atoms with Gasteiger partial charge in [0.2, 0.25) is 0 Å². The number of carbonyl (C=O) groups is 1. The minimum absolute atomic E-state index is 0.0231. The zero-order valence-corrected chi connectivity index (χ0v) is 13.7. The van der Waals surface area contributed by atoms with E-state index in [-0.39, 0.29) is 10.5 Å². The van der Waals surface area contributed by atoms with E-state index in [1.54, 1.807) is 42.5 Å². The Hall–Kier alpha value is -3.31. The van der Waals surface area contributed by atoms with Crippen molar-refractivity contribution in [3.05, 3.63) is 65.9 Å². The number of hydrogen-bond acceptors (Lipinski definition) is 5. The topological polar surface area (TPSA) is 110 Å². The fraction of sp³-hybridized carbons (Fsp3) is 0.0588. The molecule has 7 nitrogen and oxygen atoms in total. The molecule has 0 radical (unpaired) electrons. The summed E-state index contributed by atoms with van der Waals surface area (Å²) in [5, 5.41) is 22.0. The third kappa shape index (κ3) is 2.81. The second-order valence-electron chi connectivity index (χ2n) is 5.18. The molecule has 0 bridgehead atoms. The Balaban J connectivity index is 2.14. The van der Waals surface area contributed by atoms with Crippen molar-refractivity contribution in [2.75, 3.05) is 11.9 Å². The van der Waals surface area contributed by atoms with Gasteiger partial charge in [-0.15, -0.1) is 0 Å². The highest BCUT2D eigenvalue weighted by atomic mass is 32.2. The molecule has 0 aliphatic carbocycles. The van der Waals surface area contributed by atoms with E-state index in [1.807, 2.05) is 0 Å². The molecule has 0 atom stereocenters. The van der Waals surface area contributed by atoms with Crippen molar-refractivity contribution >= 4 is 27.4 Å². The zero-order valence-electron chi connectivity index (χ0n) is 12.9. The van der Waals surface area contributed by atoms with E-state index in [1.165, 1.54) is 18.2 Å². The molecule has 0 fully saturated rings. The lowest BCUT2D eigenvalue weighted by molar-refractivity contribution is -0.113. The van der Waals surface area contributed by atoms with Crippen LogP contribution >= 0.6 is 0 Å². The van der Waals surface area contributed by atoms with Gasteiger partial charge in [0.1, 0.15) is 6.54 Å². The number of nitrogens with one attached hydrogen (secondary N) is 1. The van der Waals surface area contributed by atoms with Crippen molar-refractivity contribution in [1.29, 1.82) is 5.26 Å². The molecule has 0 spiro atoms. The minimum atomic E-state index is -4.13. The van der Waals surface area contributed by atoms with E-state index in [2.05, 4.69) is 5.32 Å². The molecular weight excluding hydrogens is 342 g/mol. The minimum Gasteiger partial charge on any atom is -0.505 e. The maximum atomic E-state index is 12.8. The number of sulfonamides is 1. The first kappa shape index (κ1) is 16.5. The van der Waals surface area contributed by atoms with Crippen molar-refractivity contribution in [2.24, 2.45) is 0 Å². The Morgan fingerprint density at radius 1 is 1.12 bits per heavy atom. The predicted molar refractivity (Wildman–Crippen MR) is 90.6 cm³/mol. The van der Waals surface area contributed by atoms with Gasteiger partial charge in [-0.1, -0.05) is 30.3 Å². The van der Waals surface area contributed by atoms with Gasteiger partial charge in [0.05, 0.1) is 11.0 Å². The molecule has 0 unspecified atom stereocenters. The summed E-state index contributed by atoms with van der Waals surface area (Å²) in [4.78, 5) is 12.5. The van der Waals surface area contributed by atoms with Crippen LogP contribution in [0.4, 0.5) is 5.69 Å². The lowest BCUT2D eigenvalue weighted by atomic mass is 10.1. The number of amides is 1. The van der Waals surface area contributed by atoms with Gasteiger partial charge in [-0.25, -0.2) is 12.7 Å². The quantitative estimate of drug-likeness (QED) is 0.819. The summed E-state index contributed by atoms with van der Waals surface area (Å²) < 4.78 is 26.1. The fourth-order valence-corrected chi connectivity index (χ4v) is 4.10. The van der Waals surface area contributed by atoms with E-state index in [4.69, 9.17) is 5.26 Å². The van der Waals surface area contributed by atoms with Crippen LogP contribution in [0.3, 0.4) is 0 Å². The average Bonchev–Trinajstić information content (AvgIpc) is 2.61. The first-order valence-electron chi connectivity index (χ1n) is 7.25. The van der Waals surface area contributed by atoms with Crippen molar-refractivity contribution in [3.8, 4) is 6.07 Å². The highest BCUT2D eigenvalue weighted by Crippen LogP contribution is 2.35. The molecule has 8 heteroatoms. The second kappa shape index (κ2) is 6.30. The SMILES string of the molecule is N#CCN1C(C(=O)Nc2ccccc2)=C(O)c2ccccc2S1(=O)=O. The largest absolute Gasteiger partial charge is 0.505 e. The van der Waals surface area contributed by atoms with Gasteiger partial charge in [0.15, 0.2) is 11.5 Å². The fourth-order valence-electron chi connectivity index (χ4n) is 2.53. The van der Waals surface area contributed by atoms with Gasteiger partial charge in [-0.05, 0) is 24.3 Å². The number of nitrogens with zero attached hydrogens (tertiary/aromatic N) is 2. The zero-order chi connectivity index (χ0) is 18.0. The number of benzene rings is 2. The number of para-hydroxylation sites is 1. The molecule has 126 valence electrons. The summed E-state index contributed by atoms with van der Waals surface area (Å²) in [7, 11) is -4.13. The molecule has 1 heterocycles. The average molecular weight is 355 g/mol. The Labute approximate surface area is 144 Å². The number of nitriles is 1. The van der Waals surface area contributed by atoms with E-state index >= 15 is 0 Å². The maximum absolute atomic E-state index is 12.8. The molecule has 2 N–H and O–H groups in total. The van der Waals surface area contributed by atoms with Crippen molar-refractivity contribution in [1.82, 2.24) is 4.31 Å². The number of carbonyl (C=O) groups excluding carboxylic acids is 1. The molecule has 3 rings (SSSR count). The smallest absolute Gasteiger partial charge is 0.276 e. The Kier molecular flexibility index (Phi) is 4.17. The van der Waals surface area contributed by atoms with Crippen molar-refractivity contribution < 1.29 is 18.3 Å². The molecule has 1 amide bonds. The van der Waals surface area contributed by atoms with E-state index in [9.17, 15) is 18.3 Å². The van der Waals surface area contributed by atoms with E-state index in [0.717, 1.165) is 0 Å². The van der Waals surface area contributed by atoms with Gasteiger partial charge in [-0.2, -0.15) is 5.26 Å². The second-order valence-corrected chi connectivity index (χ2v) is 7.01. The molecule has 0 aromatic heterocycles. The molecule has 0 saturated carbocycles. The van der Waals surface area contributed by atoms with Gasteiger partial charge in [-0.3, -0.25) is 4.79 Å². The highest BCUT2D eigenvalue weighted by molar-refractivity contribution is 7.89. The van der Waals surface area contributed by atoms with Crippen molar-refractivity contribution in [3.63, 3.8) is 0 Å². The molecule has 2 aromatic rings. The summed E-state index contributed by atoms with van der Waals surface area (Å²) in [6.45, 7) is -0.599. The number of anilines is 1. The Morgan fingerprint density at radius 2 is 1.76 bits per heavy atom. The van der Waals surface area contributed by atoms with E-state index in [0.29, 0.717) is 9.99 Å². The Bertz CT molecular complexity index is 1010. The highest BCUT2D eigenvalue weighted by Gasteiger charge is 2.39. The number of hydrogen-bond donors (Lipinski definition) is 2. The van der Waals surface area contributed by atoms with Crippen LogP contribution in [0, 0.1) is 11.3 Å². The van der Waals surface area contributed by atoms with Crippen LogP contribution in [-0.2, 0) is 14.8 Å². The molecular formula is C17H13N3O4S. The lowest BCUT2D eigenvalue weighted by Crippen LogP contribution is -2.40. The lowest BCUT2D eigenvalue weighted by Gasteiger charge is -2.29. The normalized spacial score (nSPS) is 15.2. The molecule has 1 aliphatic rings. The van der Waals surface area contributed by atoms with E-state index < -0.39 is 33.9 Å². The van der Waals surface area contributed by atoms with Crippen LogP contribution in [0.1, 0.15) is 5.56 Å². The summed E-state index contributed by atoms with van der Waals surface area (Å²) in [5.74, 6) is -1.31. The summed E-state index contributed by atoms with van der Waals surface area (Å²) in [5.41, 5.74) is -0.0278. The molecule has 1 aliphatic heterocycles. The maximum Gasteiger partial charge on any atom is 0.276 e. The summed E-state index contributed by atoms with van der Waals surface area (Å²) >= 11 is 0. The standard InChI is InChI=1S/C17H13N3O4S/c18-10-11-20-15(17(22)19-12-6-2-1-3-7-12)16(21)13-8-4-5-9-14(13)25(20,23)24/h1-9,21H,11H2,(H,19,22).